The fraction of sp³-hybridized carbons (Fsp3) is 0.0714. The lowest BCUT2D eigenvalue weighted by atomic mass is 10.2. The van der Waals surface area contributed by atoms with Gasteiger partial charge in [-0.2, -0.15) is 10.2 Å². The minimum Gasteiger partial charge on any atom is -0.302 e. The lowest BCUT2D eigenvalue weighted by Gasteiger charge is -2.02. The van der Waals surface area contributed by atoms with Gasteiger partial charge in [0.15, 0.2) is 5.82 Å². The maximum Gasteiger partial charge on any atom is 0.276 e. The zero-order valence-corrected chi connectivity index (χ0v) is 14.5. The SMILES string of the molecule is O=C(Nc1nn(Cc2ccc(F)cc2)cc1Cl)c1[nH]ncc1I. The van der Waals surface area contributed by atoms with Gasteiger partial charge in [-0.1, -0.05) is 23.7 Å². The molecule has 0 radical (unpaired) electrons. The highest BCUT2D eigenvalue weighted by molar-refractivity contribution is 14.1. The summed E-state index contributed by atoms with van der Waals surface area (Å²) in [7, 11) is 0. The normalized spacial score (nSPS) is 10.7. The first-order valence-electron chi connectivity index (χ1n) is 6.50. The summed E-state index contributed by atoms with van der Waals surface area (Å²) in [5, 5.41) is 13.6. The summed E-state index contributed by atoms with van der Waals surface area (Å²) in [6.07, 6.45) is 3.14. The minimum atomic E-state index is -0.374. The average molecular weight is 446 g/mol. The number of nitrogens with zero attached hydrogens (tertiary/aromatic N) is 3. The molecule has 0 saturated heterocycles. The number of halogens is 3. The molecule has 3 rings (SSSR count). The van der Waals surface area contributed by atoms with Gasteiger partial charge in [0, 0.05) is 6.20 Å². The topological polar surface area (TPSA) is 75.6 Å². The van der Waals surface area contributed by atoms with Crippen molar-refractivity contribution in [2.45, 2.75) is 6.54 Å². The molecule has 0 unspecified atom stereocenters. The molecule has 2 N–H and O–H groups in total. The van der Waals surface area contributed by atoms with E-state index in [1.165, 1.54) is 12.1 Å². The molecule has 118 valence electrons. The molecule has 0 atom stereocenters. The van der Waals surface area contributed by atoms with Crippen LogP contribution in [0.4, 0.5) is 10.2 Å². The van der Waals surface area contributed by atoms with Crippen molar-refractivity contribution >= 4 is 45.9 Å². The van der Waals surface area contributed by atoms with E-state index in [4.69, 9.17) is 11.6 Å². The van der Waals surface area contributed by atoms with Crippen LogP contribution in [0.5, 0.6) is 0 Å². The van der Waals surface area contributed by atoms with Crippen LogP contribution in [-0.4, -0.2) is 25.9 Å². The number of rotatable bonds is 4. The first-order chi connectivity index (χ1) is 11.0. The molecule has 1 aromatic carbocycles. The highest BCUT2D eigenvalue weighted by Crippen LogP contribution is 2.21. The molecule has 6 nitrogen and oxygen atoms in total. The first-order valence-corrected chi connectivity index (χ1v) is 7.96. The van der Waals surface area contributed by atoms with E-state index in [1.54, 1.807) is 29.2 Å². The fourth-order valence-electron chi connectivity index (χ4n) is 1.94. The van der Waals surface area contributed by atoms with Crippen molar-refractivity contribution in [3.63, 3.8) is 0 Å². The molecular formula is C14H10ClFIN5O. The van der Waals surface area contributed by atoms with Crippen LogP contribution in [-0.2, 0) is 6.54 Å². The number of anilines is 1. The third-order valence-corrected chi connectivity index (χ3v) is 4.12. The number of amides is 1. The van der Waals surface area contributed by atoms with Gasteiger partial charge in [-0.25, -0.2) is 4.39 Å². The van der Waals surface area contributed by atoms with Crippen molar-refractivity contribution in [3.8, 4) is 0 Å². The number of nitrogens with one attached hydrogen (secondary N) is 2. The fourth-order valence-corrected chi connectivity index (χ4v) is 2.64. The molecular weight excluding hydrogens is 436 g/mol. The Labute approximate surface area is 149 Å². The summed E-state index contributed by atoms with van der Waals surface area (Å²) in [5.41, 5.74) is 1.21. The molecule has 23 heavy (non-hydrogen) atoms. The molecule has 0 aliphatic heterocycles. The van der Waals surface area contributed by atoms with E-state index in [2.05, 4.69) is 20.6 Å². The predicted molar refractivity (Wildman–Crippen MR) is 92.0 cm³/mol. The highest BCUT2D eigenvalue weighted by Gasteiger charge is 2.16. The second-order valence-electron chi connectivity index (χ2n) is 4.70. The van der Waals surface area contributed by atoms with E-state index < -0.39 is 0 Å². The molecule has 9 heteroatoms. The minimum absolute atomic E-state index is 0.254. The molecule has 2 heterocycles. The molecule has 0 aliphatic carbocycles. The van der Waals surface area contributed by atoms with E-state index in [1.807, 2.05) is 22.6 Å². The van der Waals surface area contributed by atoms with Gasteiger partial charge < -0.3 is 5.32 Å². The van der Waals surface area contributed by atoms with Gasteiger partial charge in [0.2, 0.25) is 0 Å². The Kier molecular flexibility index (Phi) is 4.62. The van der Waals surface area contributed by atoms with Crippen molar-refractivity contribution in [2.75, 3.05) is 5.32 Å². The van der Waals surface area contributed by atoms with Crippen LogP contribution in [0.15, 0.2) is 36.7 Å². The van der Waals surface area contributed by atoms with Gasteiger partial charge in [0.1, 0.15) is 16.5 Å². The number of H-pyrrole nitrogens is 1. The van der Waals surface area contributed by atoms with Crippen LogP contribution in [0.25, 0.3) is 0 Å². The van der Waals surface area contributed by atoms with Crippen LogP contribution >= 0.6 is 34.2 Å². The van der Waals surface area contributed by atoms with Crippen molar-refractivity contribution in [2.24, 2.45) is 0 Å². The highest BCUT2D eigenvalue weighted by atomic mass is 127. The van der Waals surface area contributed by atoms with E-state index >= 15 is 0 Å². The van der Waals surface area contributed by atoms with E-state index in [0.29, 0.717) is 20.8 Å². The molecule has 3 aromatic rings. The first kappa shape index (κ1) is 15.9. The van der Waals surface area contributed by atoms with Crippen LogP contribution in [0.1, 0.15) is 16.1 Å². The number of carbonyl (C=O) groups is 1. The van der Waals surface area contributed by atoms with Crippen molar-refractivity contribution < 1.29 is 9.18 Å². The molecule has 1 amide bonds. The summed E-state index contributed by atoms with van der Waals surface area (Å²) < 4.78 is 15.2. The number of aromatic nitrogens is 4. The monoisotopic (exact) mass is 445 g/mol. The predicted octanol–water partition coefficient (Wildman–Crippen LogP) is 3.30. The van der Waals surface area contributed by atoms with Gasteiger partial charge in [0.25, 0.3) is 5.91 Å². The second-order valence-corrected chi connectivity index (χ2v) is 6.27. The van der Waals surface area contributed by atoms with Crippen LogP contribution in [0, 0.1) is 9.39 Å². The number of benzene rings is 1. The zero-order valence-electron chi connectivity index (χ0n) is 11.6. The second kappa shape index (κ2) is 6.67. The smallest absolute Gasteiger partial charge is 0.276 e. The molecule has 0 aliphatic rings. The molecule has 2 aromatic heterocycles. The molecule has 0 saturated carbocycles. The standard InChI is InChI=1S/C14H10ClFIN5O/c15-10-7-22(6-8-1-3-9(16)4-2-8)21-13(10)19-14(23)12-11(17)5-18-20-12/h1-5,7H,6H2,(H,18,20)(H,19,21,23). The van der Waals surface area contributed by atoms with Crippen molar-refractivity contribution in [1.29, 1.82) is 0 Å². The number of hydrogen-bond acceptors (Lipinski definition) is 3. The van der Waals surface area contributed by atoms with Crippen LogP contribution in [0.2, 0.25) is 5.02 Å². The van der Waals surface area contributed by atoms with E-state index in [0.717, 1.165) is 5.56 Å². The van der Waals surface area contributed by atoms with Gasteiger partial charge in [-0.3, -0.25) is 14.6 Å². The van der Waals surface area contributed by atoms with Gasteiger partial charge in [-0.05, 0) is 40.3 Å². The largest absolute Gasteiger partial charge is 0.302 e. The van der Waals surface area contributed by atoms with Crippen LogP contribution < -0.4 is 5.32 Å². The summed E-state index contributed by atoms with van der Waals surface area (Å²) in [5.74, 6) is -0.417. The van der Waals surface area contributed by atoms with Gasteiger partial charge in [0.05, 0.1) is 16.3 Å². The van der Waals surface area contributed by atoms with Crippen LogP contribution in [0.3, 0.4) is 0 Å². The number of hydrogen-bond donors (Lipinski definition) is 2. The number of aromatic amines is 1. The van der Waals surface area contributed by atoms with Gasteiger partial charge in [-0.15, -0.1) is 0 Å². The van der Waals surface area contributed by atoms with Gasteiger partial charge >= 0.3 is 0 Å². The zero-order chi connectivity index (χ0) is 16.4. The summed E-state index contributed by atoms with van der Waals surface area (Å²) in [6, 6.07) is 6.08. The maximum absolute atomic E-state index is 12.9. The Morgan fingerprint density at radius 1 is 1.39 bits per heavy atom. The Morgan fingerprint density at radius 3 is 2.78 bits per heavy atom. The summed E-state index contributed by atoms with van der Waals surface area (Å²) in [4.78, 5) is 12.1. The Morgan fingerprint density at radius 2 is 2.13 bits per heavy atom. The van der Waals surface area contributed by atoms with E-state index in [-0.39, 0.29) is 17.5 Å². The maximum atomic E-state index is 12.9. The Balaban J connectivity index is 1.74. The molecule has 0 bridgehead atoms. The Hall–Kier alpha value is -1.94. The van der Waals surface area contributed by atoms with Crippen molar-refractivity contribution in [1.82, 2.24) is 20.0 Å². The lowest BCUT2D eigenvalue weighted by molar-refractivity contribution is 0.102. The number of carbonyl (C=O) groups excluding carboxylic acids is 1. The average Bonchev–Trinajstić information content (AvgIpc) is 3.08. The molecule has 0 fully saturated rings. The third-order valence-electron chi connectivity index (χ3n) is 3.03. The molecule has 0 spiro atoms. The third kappa shape index (κ3) is 3.70. The quantitative estimate of drug-likeness (QED) is 0.605. The van der Waals surface area contributed by atoms with Crippen molar-refractivity contribution in [3.05, 3.63) is 62.3 Å². The summed E-state index contributed by atoms with van der Waals surface area (Å²) >= 11 is 8.10. The summed E-state index contributed by atoms with van der Waals surface area (Å²) in [6.45, 7) is 0.414. The van der Waals surface area contributed by atoms with E-state index in [9.17, 15) is 9.18 Å². The Bertz CT molecular complexity index is 845. The lowest BCUT2D eigenvalue weighted by Crippen LogP contribution is -2.14.